The molecule has 0 unspecified atom stereocenters. The molecule has 0 saturated carbocycles. The third-order valence-electron chi connectivity index (χ3n) is 2.44. The highest BCUT2D eigenvalue weighted by atomic mass is 19.1. The summed E-state index contributed by atoms with van der Waals surface area (Å²) in [5.41, 5.74) is 1.19. The largest absolute Gasteiger partial charge is 0.455 e. The lowest BCUT2D eigenvalue weighted by atomic mass is 10.1. The second-order valence-electron chi connectivity index (χ2n) is 3.97. The van der Waals surface area contributed by atoms with Crippen LogP contribution in [0.15, 0.2) is 28.8 Å². The molecular weight excluding hydrogens is 237 g/mol. The monoisotopic (exact) mass is 249 g/mol. The second kappa shape index (κ2) is 5.00. The van der Waals surface area contributed by atoms with E-state index in [9.17, 15) is 9.18 Å². The van der Waals surface area contributed by atoms with E-state index in [1.807, 2.05) is 0 Å². The topological polar surface area (TPSA) is 52.3 Å². The van der Waals surface area contributed by atoms with Crippen LogP contribution >= 0.6 is 0 Å². The molecule has 0 aliphatic carbocycles. The molecule has 0 fully saturated rings. The van der Waals surface area contributed by atoms with E-state index in [0.29, 0.717) is 17.0 Å². The second-order valence-corrected chi connectivity index (χ2v) is 3.97. The summed E-state index contributed by atoms with van der Waals surface area (Å²) in [5, 5.41) is 3.69. The van der Waals surface area contributed by atoms with Gasteiger partial charge in [0.05, 0.1) is 5.56 Å². The van der Waals surface area contributed by atoms with Gasteiger partial charge in [-0.05, 0) is 31.5 Å². The van der Waals surface area contributed by atoms with Crippen molar-refractivity contribution in [3.63, 3.8) is 0 Å². The summed E-state index contributed by atoms with van der Waals surface area (Å²) in [6.45, 7) is 3.38. The van der Waals surface area contributed by atoms with Crippen LogP contribution in [-0.4, -0.2) is 11.1 Å². The Morgan fingerprint density at radius 2 is 2.17 bits per heavy atom. The molecule has 1 heterocycles. The van der Waals surface area contributed by atoms with Gasteiger partial charge in [0.15, 0.2) is 0 Å². The third-order valence-corrected chi connectivity index (χ3v) is 2.44. The van der Waals surface area contributed by atoms with Crippen molar-refractivity contribution in [2.75, 3.05) is 0 Å². The van der Waals surface area contributed by atoms with Crippen molar-refractivity contribution in [1.82, 2.24) is 5.16 Å². The predicted molar refractivity (Wildman–Crippen MR) is 61.5 cm³/mol. The van der Waals surface area contributed by atoms with Crippen molar-refractivity contribution >= 4 is 5.97 Å². The molecule has 1 aromatic heterocycles. The van der Waals surface area contributed by atoms with Gasteiger partial charge in [0, 0.05) is 6.07 Å². The van der Waals surface area contributed by atoms with Crippen LogP contribution in [0.3, 0.4) is 0 Å². The Hall–Kier alpha value is -2.17. The maximum Gasteiger partial charge on any atom is 0.338 e. The van der Waals surface area contributed by atoms with Crippen molar-refractivity contribution in [3.8, 4) is 0 Å². The number of aromatic nitrogens is 1. The number of benzene rings is 1. The van der Waals surface area contributed by atoms with Crippen LogP contribution in [0, 0.1) is 19.7 Å². The molecule has 0 aliphatic rings. The molecule has 2 rings (SSSR count). The highest BCUT2D eigenvalue weighted by molar-refractivity contribution is 5.89. The standard InChI is InChI=1S/C13H12FNO3/c1-8-3-4-10(6-12(8)14)13(16)17-7-11-5-9(2)18-15-11/h3-6H,7H2,1-2H3. The fraction of sp³-hybridized carbons (Fsp3) is 0.231. The van der Waals surface area contributed by atoms with E-state index in [1.165, 1.54) is 12.1 Å². The fourth-order valence-electron chi connectivity index (χ4n) is 1.43. The van der Waals surface area contributed by atoms with Crippen molar-refractivity contribution in [1.29, 1.82) is 0 Å². The van der Waals surface area contributed by atoms with E-state index in [4.69, 9.17) is 9.26 Å². The zero-order valence-corrected chi connectivity index (χ0v) is 10.1. The van der Waals surface area contributed by atoms with Crippen molar-refractivity contribution < 1.29 is 18.4 Å². The molecule has 5 heteroatoms. The molecular formula is C13H12FNO3. The summed E-state index contributed by atoms with van der Waals surface area (Å²) in [6.07, 6.45) is 0. The average Bonchev–Trinajstić information content (AvgIpc) is 2.75. The summed E-state index contributed by atoms with van der Waals surface area (Å²) < 4.78 is 23.1. The van der Waals surface area contributed by atoms with Gasteiger partial charge in [-0.15, -0.1) is 0 Å². The molecule has 0 bridgehead atoms. The van der Waals surface area contributed by atoms with Crippen LogP contribution in [0.2, 0.25) is 0 Å². The molecule has 94 valence electrons. The molecule has 18 heavy (non-hydrogen) atoms. The lowest BCUT2D eigenvalue weighted by molar-refractivity contribution is 0.0463. The number of esters is 1. The lowest BCUT2D eigenvalue weighted by Crippen LogP contribution is -2.06. The summed E-state index contributed by atoms with van der Waals surface area (Å²) >= 11 is 0. The number of aryl methyl sites for hydroxylation is 2. The molecule has 0 radical (unpaired) electrons. The minimum Gasteiger partial charge on any atom is -0.455 e. The number of ether oxygens (including phenoxy) is 1. The van der Waals surface area contributed by atoms with Gasteiger partial charge in [-0.2, -0.15) is 0 Å². The average molecular weight is 249 g/mol. The Bertz CT molecular complexity index is 577. The summed E-state index contributed by atoms with van der Waals surface area (Å²) in [4.78, 5) is 11.6. The van der Waals surface area contributed by atoms with Crippen LogP contribution < -0.4 is 0 Å². The van der Waals surface area contributed by atoms with E-state index >= 15 is 0 Å². The molecule has 0 saturated heterocycles. The van der Waals surface area contributed by atoms with Gasteiger partial charge < -0.3 is 9.26 Å². The first kappa shape index (κ1) is 12.3. The first-order valence-corrected chi connectivity index (χ1v) is 5.42. The van der Waals surface area contributed by atoms with E-state index in [-0.39, 0.29) is 12.2 Å². The summed E-state index contributed by atoms with van der Waals surface area (Å²) in [5.74, 6) is -0.376. The Balaban J connectivity index is 2.01. The van der Waals surface area contributed by atoms with E-state index < -0.39 is 11.8 Å². The molecule has 2 aromatic rings. The minimum absolute atomic E-state index is 0.00562. The first-order valence-electron chi connectivity index (χ1n) is 5.42. The van der Waals surface area contributed by atoms with Crippen LogP contribution in [0.1, 0.15) is 27.4 Å². The Kier molecular flexibility index (Phi) is 3.41. The quantitative estimate of drug-likeness (QED) is 0.785. The number of hydrogen-bond donors (Lipinski definition) is 0. The van der Waals surface area contributed by atoms with Crippen LogP contribution in [0.25, 0.3) is 0 Å². The molecule has 0 N–H and O–H groups in total. The highest BCUT2D eigenvalue weighted by Crippen LogP contribution is 2.11. The summed E-state index contributed by atoms with van der Waals surface area (Å²) in [6, 6.07) is 5.88. The Morgan fingerprint density at radius 3 is 2.78 bits per heavy atom. The maximum atomic E-state index is 13.3. The number of hydrogen-bond acceptors (Lipinski definition) is 4. The smallest absolute Gasteiger partial charge is 0.338 e. The normalized spacial score (nSPS) is 10.4. The third kappa shape index (κ3) is 2.74. The van der Waals surface area contributed by atoms with Crippen LogP contribution in [0.5, 0.6) is 0 Å². The first-order chi connectivity index (χ1) is 8.56. The molecule has 0 aliphatic heterocycles. The zero-order chi connectivity index (χ0) is 13.1. The van der Waals surface area contributed by atoms with Crippen LogP contribution in [-0.2, 0) is 11.3 Å². The Morgan fingerprint density at radius 1 is 1.39 bits per heavy atom. The minimum atomic E-state index is -0.588. The number of halogens is 1. The van der Waals surface area contributed by atoms with Gasteiger partial charge in [0.1, 0.15) is 23.9 Å². The van der Waals surface area contributed by atoms with E-state index in [1.54, 1.807) is 19.9 Å². The number of rotatable bonds is 3. The number of carbonyl (C=O) groups is 1. The lowest BCUT2D eigenvalue weighted by Gasteiger charge is -2.03. The van der Waals surface area contributed by atoms with Gasteiger partial charge in [-0.1, -0.05) is 11.2 Å². The maximum absolute atomic E-state index is 13.3. The zero-order valence-electron chi connectivity index (χ0n) is 10.1. The van der Waals surface area contributed by atoms with Crippen molar-refractivity contribution in [2.24, 2.45) is 0 Å². The van der Waals surface area contributed by atoms with Gasteiger partial charge in [0.25, 0.3) is 0 Å². The molecule has 0 amide bonds. The molecule has 4 nitrogen and oxygen atoms in total. The molecule has 0 atom stereocenters. The fourth-order valence-corrected chi connectivity index (χ4v) is 1.43. The van der Waals surface area contributed by atoms with Crippen LogP contribution in [0.4, 0.5) is 4.39 Å². The summed E-state index contributed by atoms with van der Waals surface area (Å²) in [7, 11) is 0. The van der Waals surface area contributed by atoms with E-state index in [0.717, 1.165) is 6.07 Å². The van der Waals surface area contributed by atoms with Crippen molar-refractivity contribution in [2.45, 2.75) is 20.5 Å². The predicted octanol–water partition coefficient (Wildman–Crippen LogP) is 2.79. The van der Waals surface area contributed by atoms with Gasteiger partial charge in [-0.3, -0.25) is 0 Å². The molecule has 0 spiro atoms. The van der Waals surface area contributed by atoms with E-state index in [2.05, 4.69) is 5.16 Å². The Labute approximate surface area is 103 Å². The molecule has 1 aromatic carbocycles. The van der Waals surface area contributed by atoms with Gasteiger partial charge in [0.2, 0.25) is 0 Å². The van der Waals surface area contributed by atoms with Gasteiger partial charge in [-0.25, -0.2) is 9.18 Å². The SMILES string of the molecule is Cc1cc(COC(=O)c2ccc(C)c(F)c2)no1. The number of nitrogens with zero attached hydrogens (tertiary/aromatic N) is 1. The number of carbonyl (C=O) groups excluding carboxylic acids is 1. The van der Waals surface area contributed by atoms with Gasteiger partial charge >= 0.3 is 5.97 Å². The van der Waals surface area contributed by atoms with Crippen molar-refractivity contribution in [3.05, 3.63) is 52.7 Å². The highest BCUT2D eigenvalue weighted by Gasteiger charge is 2.11.